The first kappa shape index (κ1) is 21.2. The fourth-order valence-corrected chi connectivity index (χ4v) is 6.95. The van der Waals surface area contributed by atoms with Gasteiger partial charge >= 0.3 is 57.4 Å². The van der Waals surface area contributed by atoms with Crippen molar-refractivity contribution < 1.29 is 14.3 Å². The Labute approximate surface area is 200 Å². The van der Waals surface area contributed by atoms with Gasteiger partial charge < -0.3 is 4.74 Å². The molecule has 0 N–H and O–H groups in total. The van der Waals surface area contributed by atoms with Crippen LogP contribution < -0.4 is 0 Å². The zero-order chi connectivity index (χ0) is 17.8. The van der Waals surface area contributed by atoms with E-state index in [4.69, 9.17) is 4.74 Å². The topological polar surface area (TPSA) is 43.4 Å². The molecule has 0 bridgehead atoms. The van der Waals surface area contributed by atoms with E-state index in [0.717, 1.165) is 38.0 Å². The Bertz CT molecular complexity index is 627. The van der Waals surface area contributed by atoms with E-state index in [9.17, 15) is 9.59 Å². The third-order valence-corrected chi connectivity index (χ3v) is 8.44. The second kappa shape index (κ2) is 7.74. The molecule has 0 aromatic rings. The predicted octanol–water partition coefficient (Wildman–Crippen LogP) is 4.19. The van der Waals surface area contributed by atoms with Gasteiger partial charge in [0.15, 0.2) is 5.78 Å². The zero-order valence-electron chi connectivity index (χ0n) is 16.0. The zero-order valence-corrected chi connectivity index (χ0v) is 16.0. The predicted molar refractivity (Wildman–Crippen MR) is 104 cm³/mol. The molecular weight excluding hydrogens is 351 g/mol. The van der Waals surface area contributed by atoms with Gasteiger partial charge in [0.25, 0.3) is 0 Å². The van der Waals surface area contributed by atoms with Gasteiger partial charge in [0, 0.05) is 18.3 Å². The Morgan fingerprint density at radius 3 is 2.62 bits per heavy atom. The van der Waals surface area contributed by atoms with Crippen molar-refractivity contribution in [3.63, 3.8) is 0 Å². The van der Waals surface area contributed by atoms with Crippen LogP contribution in [0.3, 0.4) is 0 Å². The van der Waals surface area contributed by atoms with Crippen LogP contribution >= 0.6 is 0 Å². The Morgan fingerprint density at radius 2 is 1.88 bits per heavy atom. The Morgan fingerprint density at radius 1 is 1.12 bits per heavy atom. The monoisotopic (exact) mass is 384 g/mol. The molecule has 0 aromatic heterocycles. The van der Waals surface area contributed by atoms with E-state index in [1.54, 1.807) is 0 Å². The number of ketones is 1. The van der Waals surface area contributed by atoms with E-state index in [2.05, 4.69) is 13.8 Å². The molecule has 3 nitrogen and oxygen atoms in total. The summed E-state index contributed by atoms with van der Waals surface area (Å²) < 4.78 is 5.86. The average molecular weight is 385 g/mol. The molecule has 4 rings (SSSR count). The van der Waals surface area contributed by atoms with Crippen LogP contribution in [-0.2, 0) is 14.3 Å². The SMILES string of the molecule is CCC(=O)O[C@H]1CC[C@H]2[C@@H]3CCC4=CC(=O)CC[C@]4(C)[C@H]3CC[C@]12C.[KH]. The molecule has 140 valence electrons. The third kappa shape index (κ3) is 3.26. The van der Waals surface area contributed by atoms with Crippen LogP contribution in [0.15, 0.2) is 11.6 Å². The molecule has 0 aromatic carbocycles. The molecule has 3 saturated carbocycles. The van der Waals surface area contributed by atoms with E-state index >= 15 is 0 Å². The van der Waals surface area contributed by atoms with Gasteiger partial charge in [-0.05, 0) is 74.2 Å². The molecule has 0 heterocycles. The molecule has 6 atom stereocenters. The Hall–Kier alpha value is 0.516. The van der Waals surface area contributed by atoms with Crippen molar-refractivity contribution >= 4 is 63.1 Å². The van der Waals surface area contributed by atoms with Crippen molar-refractivity contribution in [2.75, 3.05) is 0 Å². The van der Waals surface area contributed by atoms with E-state index in [1.807, 2.05) is 13.0 Å². The van der Waals surface area contributed by atoms with Crippen LogP contribution in [0.2, 0.25) is 0 Å². The van der Waals surface area contributed by atoms with Gasteiger partial charge in [-0.3, -0.25) is 9.59 Å². The van der Waals surface area contributed by atoms with Crippen molar-refractivity contribution in [3.05, 3.63) is 11.6 Å². The van der Waals surface area contributed by atoms with Crippen LogP contribution in [-0.4, -0.2) is 69.2 Å². The molecule has 26 heavy (non-hydrogen) atoms. The number of esters is 1. The fraction of sp³-hybridized carbons (Fsp3) is 0.818. The number of hydrogen-bond donors (Lipinski definition) is 0. The van der Waals surface area contributed by atoms with E-state index in [0.29, 0.717) is 24.0 Å². The van der Waals surface area contributed by atoms with Crippen LogP contribution in [0.4, 0.5) is 0 Å². The fourth-order valence-electron chi connectivity index (χ4n) is 6.95. The minimum atomic E-state index is -0.0411. The second-order valence-electron chi connectivity index (χ2n) is 9.42. The Balaban J connectivity index is 0.00000196. The van der Waals surface area contributed by atoms with Crippen molar-refractivity contribution in [3.8, 4) is 0 Å². The summed E-state index contributed by atoms with van der Waals surface area (Å²) in [5.41, 5.74) is 1.82. The average Bonchev–Trinajstić information content (AvgIpc) is 2.92. The molecule has 4 heteroatoms. The van der Waals surface area contributed by atoms with Gasteiger partial charge in [0.1, 0.15) is 6.10 Å². The maximum atomic E-state index is 11.9. The number of hydrogen-bond acceptors (Lipinski definition) is 3. The Kier molecular flexibility index (Phi) is 6.32. The van der Waals surface area contributed by atoms with Gasteiger partial charge in [-0.1, -0.05) is 26.3 Å². The number of rotatable bonds is 2. The number of carbonyl (C=O) groups is 2. The summed E-state index contributed by atoms with van der Waals surface area (Å²) in [5.74, 6) is 2.41. The van der Waals surface area contributed by atoms with E-state index in [-0.39, 0.29) is 74.3 Å². The number of fused-ring (bicyclic) bond motifs is 5. The van der Waals surface area contributed by atoms with Crippen molar-refractivity contribution in [1.29, 1.82) is 0 Å². The van der Waals surface area contributed by atoms with Gasteiger partial charge in [0.2, 0.25) is 0 Å². The van der Waals surface area contributed by atoms with E-state index < -0.39 is 0 Å². The van der Waals surface area contributed by atoms with Crippen molar-refractivity contribution in [2.45, 2.75) is 84.7 Å². The summed E-state index contributed by atoms with van der Waals surface area (Å²) in [6.45, 7) is 6.69. The second-order valence-corrected chi connectivity index (χ2v) is 9.42. The quantitative estimate of drug-likeness (QED) is 0.529. The molecule has 0 unspecified atom stereocenters. The number of allylic oxidation sites excluding steroid dienone is 1. The molecule has 0 saturated heterocycles. The van der Waals surface area contributed by atoms with Gasteiger partial charge in [0.05, 0.1) is 0 Å². The molecule has 0 amide bonds. The number of ether oxygens (including phenoxy) is 1. The molecule has 3 fully saturated rings. The standard InChI is InChI=1S/C22H32O3.K.H/c1-4-20(24)25-19-8-7-17-16-6-5-14-13-15(23)9-11-21(14,2)18(16)10-12-22(17,19)3;;/h13,16-19H,4-12H2,1-3H3;;/t16-,17-,18-,19-,21-,22-;;/m0../s1. The molecule has 0 spiro atoms. The molecule has 0 aliphatic heterocycles. The van der Waals surface area contributed by atoms with Crippen LogP contribution in [0.1, 0.15) is 78.6 Å². The number of carbonyl (C=O) groups excluding carboxylic acids is 2. The molecular formula is C22H33KO3. The first-order valence-corrected chi connectivity index (χ1v) is 10.3. The van der Waals surface area contributed by atoms with Crippen molar-refractivity contribution in [2.24, 2.45) is 28.6 Å². The van der Waals surface area contributed by atoms with Gasteiger partial charge in [-0.25, -0.2) is 0 Å². The van der Waals surface area contributed by atoms with Crippen LogP contribution in [0.5, 0.6) is 0 Å². The first-order chi connectivity index (χ1) is 11.9. The third-order valence-electron chi connectivity index (χ3n) is 8.44. The summed E-state index contributed by atoms with van der Waals surface area (Å²) >= 11 is 0. The molecule has 4 aliphatic rings. The van der Waals surface area contributed by atoms with Gasteiger partial charge in [-0.2, -0.15) is 0 Å². The molecule has 4 aliphatic carbocycles. The maximum absolute atomic E-state index is 11.9. The minimum absolute atomic E-state index is 0. The van der Waals surface area contributed by atoms with Crippen LogP contribution in [0.25, 0.3) is 0 Å². The summed E-state index contributed by atoms with van der Waals surface area (Å²) in [5, 5.41) is 0. The summed E-state index contributed by atoms with van der Waals surface area (Å²) in [6, 6.07) is 0. The first-order valence-electron chi connectivity index (χ1n) is 10.3. The summed E-state index contributed by atoms with van der Waals surface area (Å²) in [7, 11) is 0. The molecule has 0 radical (unpaired) electrons. The van der Waals surface area contributed by atoms with Crippen molar-refractivity contribution in [1.82, 2.24) is 0 Å². The normalized spacial score (nSPS) is 44.1. The van der Waals surface area contributed by atoms with E-state index in [1.165, 1.54) is 24.8 Å². The van der Waals surface area contributed by atoms with Crippen LogP contribution in [0, 0.1) is 28.6 Å². The summed E-state index contributed by atoms with van der Waals surface area (Å²) in [4.78, 5) is 23.8. The summed E-state index contributed by atoms with van der Waals surface area (Å²) in [6.07, 6.45) is 11.3. The van der Waals surface area contributed by atoms with Gasteiger partial charge in [-0.15, -0.1) is 0 Å².